The Balaban J connectivity index is 1.82. The van der Waals surface area contributed by atoms with Gasteiger partial charge in [-0.25, -0.2) is 5.43 Å². The maximum atomic E-state index is 12.5. The number of hydrazone groups is 1. The van der Waals surface area contributed by atoms with Crippen molar-refractivity contribution in [3.63, 3.8) is 0 Å². The molecule has 2 aromatic carbocycles. The number of nitrogens with zero attached hydrogens (tertiary/aromatic N) is 3. The second-order valence-corrected chi connectivity index (χ2v) is 5.53. The number of non-ortho nitro benzene ring substituents is 1. The summed E-state index contributed by atoms with van der Waals surface area (Å²) < 4.78 is 5.12. The second kappa shape index (κ2) is 7.48. The molecule has 1 amide bonds. The molecular weight excluding hydrogens is 352 g/mol. The normalized spacial score (nSPS) is 10.9. The minimum atomic E-state index is -0.595. The number of aromatic hydroxyl groups is 1. The van der Waals surface area contributed by atoms with Crippen LogP contribution >= 0.6 is 0 Å². The molecule has 2 N–H and O–H groups in total. The zero-order valence-electron chi connectivity index (χ0n) is 14.1. The topological polar surface area (TPSA) is 131 Å². The van der Waals surface area contributed by atoms with E-state index in [1.807, 2.05) is 18.2 Å². The molecule has 9 heteroatoms. The van der Waals surface area contributed by atoms with E-state index in [1.54, 1.807) is 19.1 Å². The predicted molar refractivity (Wildman–Crippen MR) is 96.5 cm³/mol. The molecule has 0 atom stereocenters. The van der Waals surface area contributed by atoms with Crippen molar-refractivity contribution in [2.24, 2.45) is 5.10 Å². The fraction of sp³-hybridized carbons (Fsp3) is 0.0556. The predicted octanol–water partition coefficient (Wildman–Crippen LogP) is 3.03. The van der Waals surface area contributed by atoms with Crippen LogP contribution in [0.1, 0.15) is 21.7 Å². The van der Waals surface area contributed by atoms with Crippen LogP contribution in [0.15, 0.2) is 58.2 Å². The summed E-state index contributed by atoms with van der Waals surface area (Å²) in [6, 6.07) is 12.5. The Hall–Kier alpha value is -4.01. The largest absolute Gasteiger partial charge is 0.507 e. The zero-order chi connectivity index (χ0) is 19.4. The number of carbonyl (C=O) groups is 1. The van der Waals surface area contributed by atoms with Crippen LogP contribution in [0.2, 0.25) is 0 Å². The lowest BCUT2D eigenvalue weighted by Crippen LogP contribution is -2.18. The van der Waals surface area contributed by atoms with Crippen molar-refractivity contribution >= 4 is 17.8 Å². The molecule has 0 aliphatic rings. The van der Waals surface area contributed by atoms with Gasteiger partial charge in [0.15, 0.2) is 0 Å². The Kier molecular flexibility index (Phi) is 4.93. The number of benzene rings is 2. The van der Waals surface area contributed by atoms with Crippen molar-refractivity contribution in [2.45, 2.75) is 6.92 Å². The van der Waals surface area contributed by atoms with Crippen LogP contribution in [0.3, 0.4) is 0 Å². The zero-order valence-corrected chi connectivity index (χ0v) is 14.1. The number of phenolic OH excluding ortho intramolecular Hbond substituents is 1. The number of rotatable bonds is 5. The summed E-state index contributed by atoms with van der Waals surface area (Å²) in [6.45, 7) is 1.60. The molecule has 0 aliphatic carbocycles. The van der Waals surface area contributed by atoms with E-state index in [0.29, 0.717) is 17.0 Å². The van der Waals surface area contributed by atoms with Crippen molar-refractivity contribution in [1.29, 1.82) is 0 Å². The van der Waals surface area contributed by atoms with E-state index < -0.39 is 10.8 Å². The molecule has 0 radical (unpaired) electrons. The molecule has 27 heavy (non-hydrogen) atoms. The second-order valence-electron chi connectivity index (χ2n) is 5.53. The Bertz CT molecular complexity index is 1030. The molecule has 0 saturated carbocycles. The number of phenols is 1. The van der Waals surface area contributed by atoms with Crippen molar-refractivity contribution in [3.05, 3.63) is 75.5 Å². The summed E-state index contributed by atoms with van der Waals surface area (Å²) in [5.41, 5.74) is 3.50. The first-order chi connectivity index (χ1) is 13.0. The molecule has 0 aliphatic heterocycles. The molecule has 0 unspecified atom stereocenters. The van der Waals surface area contributed by atoms with Gasteiger partial charge in [-0.15, -0.1) is 0 Å². The van der Waals surface area contributed by atoms with Crippen LogP contribution in [0.25, 0.3) is 11.3 Å². The van der Waals surface area contributed by atoms with E-state index in [0.717, 1.165) is 18.3 Å². The van der Waals surface area contributed by atoms with Gasteiger partial charge in [0.1, 0.15) is 22.8 Å². The van der Waals surface area contributed by atoms with Gasteiger partial charge in [-0.2, -0.15) is 5.10 Å². The highest BCUT2D eigenvalue weighted by Crippen LogP contribution is 2.25. The highest BCUT2D eigenvalue weighted by molar-refractivity contribution is 6.01. The molecule has 1 aromatic heterocycles. The lowest BCUT2D eigenvalue weighted by Gasteiger charge is -2.02. The van der Waals surface area contributed by atoms with Gasteiger partial charge in [0.05, 0.1) is 11.1 Å². The van der Waals surface area contributed by atoms with E-state index in [1.165, 1.54) is 6.07 Å². The first kappa shape index (κ1) is 17.8. The van der Waals surface area contributed by atoms with Gasteiger partial charge in [0.25, 0.3) is 11.6 Å². The van der Waals surface area contributed by atoms with E-state index >= 15 is 0 Å². The number of nitro benzene ring substituents is 1. The van der Waals surface area contributed by atoms with Crippen molar-refractivity contribution in [3.8, 4) is 17.0 Å². The van der Waals surface area contributed by atoms with Crippen LogP contribution in [-0.2, 0) is 0 Å². The summed E-state index contributed by atoms with van der Waals surface area (Å²) >= 11 is 0. The summed E-state index contributed by atoms with van der Waals surface area (Å²) in [6.07, 6.45) is 1.12. The van der Waals surface area contributed by atoms with Gasteiger partial charge in [0, 0.05) is 23.3 Å². The number of aryl methyl sites for hydroxylation is 1. The number of carbonyl (C=O) groups excluding carboxylic acids is 1. The van der Waals surface area contributed by atoms with E-state index in [4.69, 9.17) is 4.52 Å². The lowest BCUT2D eigenvalue weighted by molar-refractivity contribution is -0.384. The Morgan fingerprint density at radius 1 is 1.30 bits per heavy atom. The van der Waals surface area contributed by atoms with Crippen molar-refractivity contribution < 1.29 is 19.3 Å². The van der Waals surface area contributed by atoms with E-state index in [9.17, 15) is 20.0 Å². The molecule has 0 fully saturated rings. The van der Waals surface area contributed by atoms with Gasteiger partial charge in [0.2, 0.25) is 0 Å². The molecule has 3 rings (SSSR count). The third kappa shape index (κ3) is 3.82. The Labute approximate surface area is 153 Å². The van der Waals surface area contributed by atoms with Crippen LogP contribution in [0, 0.1) is 17.0 Å². The quantitative estimate of drug-likeness (QED) is 0.405. The average Bonchev–Trinajstić information content (AvgIpc) is 3.05. The van der Waals surface area contributed by atoms with Crippen LogP contribution in [0.5, 0.6) is 5.75 Å². The van der Waals surface area contributed by atoms with Gasteiger partial charge in [-0.3, -0.25) is 14.9 Å². The molecule has 9 nitrogen and oxygen atoms in total. The third-order valence-corrected chi connectivity index (χ3v) is 3.73. The molecule has 136 valence electrons. The number of aromatic nitrogens is 1. The minimum Gasteiger partial charge on any atom is -0.507 e. The summed E-state index contributed by atoms with van der Waals surface area (Å²) in [4.78, 5) is 22.7. The van der Waals surface area contributed by atoms with Crippen LogP contribution in [-0.4, -0.2) is 27.3 Å². The molecule has 3 aromatic rings. The number of nitro groups is 1. The van der Waals surface area contributed by atoms with Gasteiger partial charge in [-0.1, -0.05) is 35.5 Å². The van der Waals surface area contributed by atoms with Crippen LogP contribution < -0.4 is 5.43 Å². The van der Waals surface area contributed by atoms with E-state index in [-0.39, 0.29) is 22.6 Å². The summed E-state index contributed by atoms with van der Waals surface area (Å²) in [5, 5.41) is 28.2. The third-order valence-electron chi connectivity index (χ3n) is 3.73. The Morgan fingerprint density at radius 2 is 2.04 bits per heavy atom. The maximum Gasteiger partial charge on any atom is 0.277 e. The number of hydrogen-bond acceptors (Lipinski definition) is 7. The molecular formula is C18H14N4O5. The summed E-state index contributed by atoms with van der Waals surface area (Å²) in [7, 11) is 0. The van der Waals surface area contributed by atoms with Crippen molar-refractivity contribution in [1.82, 2.24) is 10.6 Å². The maximum absolute atomic E-state index is 12.5. The standard InChI is InChI=1S/C18H14N4O5/c1-11-16(17(21-27-11)12-5-3-2-4-6-12)18(24)20-19-10-13-9-14(22(25)26)7-8-15(13)23/h2-10,23H,1H3,(H,20,24). The lowest BCUT2D eigenvalue weighted by atomic mass is 10.1. The first-order valence-corrected chi connectivity index (χ1v) is 7.80. The SMILES string of the molecule is Cc1onc(-c2ccccc2)c1C(=O)NN=Cc1cc([N+](=O)[O-])ccc1O. The molecule has 0 bridgehead atoms. The van der Waals surface area contributed by atoms with E-state index in [2.05, 4.69) is 15.7 Å². The fourth-order valence-corrected chi connectivity index (χ4v) is 2.41. The van der Waals surface area contributed by atoms with Gasteiger partial charge in [-0.05, 0) is 13.0 Å². The summed E-state index contributed by atoms with van der Waals surface area (Å²) in [5.74, 6) is -0.446. The van der Waals surface area contributed by atoms with Gasteiger partial charge >= 0.3 is 0 Å². The highest BCUT2D eigenvalue weighted by Gasteiger charge is 2.21. The van der Waals surface area contributed by atoms with Crippen molar-refractivity contribution in [2.75, 3.05) is 0 Å². The Morgan fingerprint density at radius 3 is 2.74 bits per heavy atom. The fourth-order valence-electron chi connectivity index (χ4n) is 2.41. The molecule has 0 saturated heterocycles. The number of amides is 1. The first-order valence-electron chi connectivity index (χ1n) is 7.80. The monoisotopic (exact) mass is 366 g/mol. The number of nitrogens with one attached hydrogen (secondary N) is 1. The smallest absolute Gasteiger partial charge is 0.277 e. The number of hydrogen-bond donors (Lipinski definition) is 2. The molecule has 1 heterocycles. The minimum absolute atomic E-state index is 0.0924. The molecule has 0 spiro atoms. The van der Waals surface area contributed by atoms with Gasteiger partial charge < -0.3 is 9.63 Å². The average molecular weight is 366 g/mol. The highest BCUT2D eigenvalue weighted by atomic mass is 16.6. The van der Waals surface area contributed by atoms with Crippen LogP contribution in [0.4, 0.5) is 5.69 Å².